The smallest absolute Gasteiger partial charge is 0.303 e. The summed E-state index contributed by atoms with van der Waals surface area (Å²) in [6.07, 6.45) is 2.70. The summed E-state index contributed by atoms with van der Waals surface area (Å²) in [5, 5.41) is 12.0. The number of carbonyl (C=O) groups excluding carboxylic acids is 1. The number of nitrogens with one attached hydrogen (secondary N) is 1. The minimum atomic E-state index is -0.881. The predicted octanol–water partition coefficient (Wildman–Crippen LogP) is 3.06. The van der Waals surface area contributed by atoms with Crippen molar-refractivity contribution in [2.75, 3.05) is 13.7 Å². The zero-order chi connectivity index (χ0) is 19.9. The number of hydrogen-bond acceptors (Lipinski definition) is 4. The van der Waals surface area contributed by atoms with Crippen molar-refractivity contribution >= 4 is 18.0 Å². The van der Waals surface area contributed by atoms with Gasteiger partial charge in [0.1, 0.15) is 6.61 Å². The topological polar surface area (TPSA) is 84.9 Å². The minimum absolute atomic E-state index is 0.00659. The zero-order valence-electron chi connectivity index (χ0n) is 15.7. The molecule has 0 radical (unpaired) electrons. The molecule has 1 amide bonds. The van der Waals surface area contributed by atoms with E-state index < -0.39 is 5.97 Å². The number of benzene rings is 2. The fraction of sp³-hybridized carbons (Fsp3) is 0.273. The lowest BCUT2D eigenvalue weighted by molar-refractivity contribution is -0.137. The van der Waals surface area contributed by atoms with Crippen LogP contribution in [0.5, 0.6) is 11.5 Å². The Morgan fingerprint density at radius 3 is 2.68 bits per heavy atom. The van der Waals surface area contributed by atoms with Crippen LogP contribution in [0, 0.1) is 0 Å². The lowest BCUT2D eigenvalue weighted by Crippen LogP contribution is -2.39. The van der Waals surface area contributed by atoms with E-state index in [0.29, 0.717) is 29.9 Å². The second-order valence-electron chi connectivity index (χ2n) is 6.63. The number of ether oxygens (including phenoxy) is 2. The van der Waals surface area contributed by atoms with Gasteiger partial charge in [0.2, 0.25) is 0 Å². The highest BCUT2D eigenvalue weighted by atomic mass is 16.5. The molecule has 146 valence electrons. The number of rotatable bonds is 8. The third-order valence-electron chi connectivity index (χ3n) is 4.59. The molecule has 6 nitrogen and oxygen atoms in total. The van der Waals surface area contributed by atoms with Gasteiger partial charge in [0.25, 0.3) is 5.91 Å². The fourth-order valence-electron chi connectivity index (χ4n) is 3.17. The van der Waals surface area contributed by atoms with E-state index in [4.69, 9.17) is 14.6 Å². The molecule has 0 saturated carbocycles. The molecule has 0 aliphatic carbocycles. The lowest BCUT2D eigenvalue weighted by atomic mass is 10.0. The van der Waals surface area contributed by atoms with E-state index in [0.717, 1.165) is 11.1 Å². The number of hydrogen-bond donors (Lipinski definition) is 2. The average molecular weight is 381 g/mol. The normalized spacial score (nSPS) is 13.5. The van der Waals surface area contributed by atoms with Crippen LogP contribution in [0.1, 0.15) is 24.0 Å². The van der Waals surface area contributed by atoms with Crippen LogP contribution in [0.15, 0.2) is 54.1 Å². The number of carboxylic acid groups (broad SMARTS) is 1. The van der Waals surface area contributed by atoms with Gasteiger partial charge >= 0.3 is 5.97 Å². The van der Waals surface area contributed by atoms with Crippen LogP contribution >= 0.6 is 0 Å². The van der Waals surface area contributed by atoms with E-state index >= 15 is 0 Å². The molecule has 1 aliphatic rings. The monoisotopic (exact) mass is 381 g/mol. The molecular formula is C22H23NO5. The third kappa shape index (κ3) is 4.91. The molecular weight excluding hydrogens is 358 g/mol. The Hall–Kier alpha value is -3.28. The Bertz CT molecular complexity index is 876. The molecule has 0 fully saturated rings. The van der Waals surface area contributed by atoms with Crippen molar-refractivity contribution < 1.29 is 24.2 Å². The van der Waals surface area contributed by atoms with Crippen LogP contribution < -0.4 is 14.8 Å². The molecule has 3 rings (SSSR count). The first kappa shape index (κ1) is 19.5. The molecule has 0 bridgehead atoms. The van der Waals surface area contributed by atoms with E-state index in [1.807, 2.05) is 42.5 Å². The lowest BCUT2D eigenvalue weighted by Gasteiger charge is -2.22. The highest BCUT2D eigenvalue weighted by Gasteiger charge is 2.22. The number of carboxylic acids is 1. The Morgan fingerprint density at radius 1 is 1.18 bits per heavy atom. The quantitative estimate of drug-likeness (QED) is 0.734. The van der Waals surface area contributed by atoms with Crippen molar-refractivity contribution in [2.45, 2.75) is 25.3 Å². The molecule has 1 heterocycles. The first-order valence-electron chi connectivity index (χ1n) is 9.13. The summed E-state index contributed by atoms with van der Waals surface area (Å²) in [5.41, 5.74) is 2.32. The van der Waals surface area contributed by atoms with E-state index in [1.54, 1.807) is 19.3 Å². The Balaban J connectivity index is 1.73. The van der Waals surface area contributed by atoms with Gasteiger partial charge in [-0.05, 0) is 30.5 Å². The third-order valence-corrected chi connectivity index (χ3v) is 4.59. The summed E-state index contributed by atoms with van der Waals surface area (Å²) < 4.78 is 11.0. The Kier molecular flexibility index (Phi) is 6.32. The van der Waals surface area contributed by atoms with Crippen molar-refractivity contribution in [3.05, 3.63) is 65.2 Å². The molecule has 6 heteroatoms. The molecule has 2 N–H and O–H groups in total. The van der Waals surface area contributed by atoms with Gasteiger partial charge in [0, 0.05) is 18.0 Å². The van der Waals surface area contributed by atoms with Gasteiger partial charge in [0.15, 0.2) is 11.5 Å². The second kappa shape index (κ2) is 9.08. The summed E-state index contributed by atoms with van der Waals surface area (Å²) in [4.78, 5) is 23.8. The average Bonchev–Trinajstić information content (AvgIpc) is 2.71. The molecule has 1 aliphatic heterocycles. The van der Waals surface area contributed by atoms with Crippen LogP contribution in [0.3, 0.4) is 0 Å². The van der Waals surface area contributed by atoms with Gasteiger partial charge in [-0.3, -0.25) is 9.59 Å². The SMILES string of the molecule is COc1cccc2c1OCC(C(=O)NC(CCC(=O)O)Cc1ccccc1)=C2. The Morgan fingerprint density at radius 2 is 1.96 bits per heavy atom. The van der Waals surface area contributed by atoms with Crippen molar-refractivity contribution in [2.24, 2.45) is 0 Å². The first-order chi connectivity index (χ1) is 13.6. The van der Waals surface area contributed by atoms with Gasteiger partial charge in [-0.25, -0.2) is 0 Å². The second-order valence-corrected chi connectivity index (χ2v) is 6.63. The fourth-order valence-corrected chi connectivity index (χ4v) is 3.17. The summed E-state index contributed by atoms with van der Waals surface area (Å²) in [6, 6.07) is 14.9. The molecule has 2 aromatic rings. The van der Waals surface area contributed by atoms with Crippen LogP contribution in [0.25, 0.3) is 6.08 Å². The summed E-state index contributed by atoms with van der Waals surface area (Å²) >= 11 is 0. The van der Waals surface area contributed by atoms with Crippen LogP contribution in [0.4, 0.5) is 0 Å². The van der Waals surface area contributed by atoms with E-state index in [1.165, 1.54) is 0 Å². The summed E-state index contributed by atoms with van der Waals surface area (Å²) in [6.45, 7) is 0.135. The van der Waals surface area contributed by atoms with Gasteiger partial charge in [-0.15, -0.1) is 0 Å². The minimum Gasteiger partial charge on any atom is -0.493 e. The molecule has 0 saturated heterocycles. The molecule has 0 spiro atoms. The van der Waals surface area contributed by atoms with Gasteiger partial charge in [-0.2, -0.15) is 0 Å². The van der Waals surface area contributed by atoms with E-state index in [9.17, 15) is 9.59 Å². The number of para-hydroxylation sites is 1. The number of methoxy groups -OCH3 is 1. The zero-order valence-corrected chi connectivity index (χ0v) is 15.7. The highest BCUT2D eigenvalue weighted by molar-refractivity contribution is 5.99. The number of fused-ring (bicyclic) bond motifs is 1. The molecule has 1 atom stereocenters. The van der Waals surface area contributed by atoms with Crippen molar-refractivity contribution in [3.63, 3.8) is 0 Å². The van der Waals surface area contributed by atoms with Gasteiger partial charge in [0.05, 0.1) is 12.7 Å². The summed E-state index contributed by atoms with van der Waals surface area (Å²) in [7, 11) is 1.57. The van der Waals surface area contributed by atoms with Crippen molar-refractivity contribution in [1.29, 1.82) is 0 Å². The van der Waals surface area contributed by atoms with E-state index in [2.05, 4.69) is 5.32 Å². The first-order valence-corrected chi connectivity index (χ1v) is 9.13. The van der Waals surface area contributed by atoms with Crippen LogP contribution in [0.2, 0.25) is 0 Å². The standard InChI is InChI=1S/C22H23NO5/c1-27-19-9-5-8-16-13-17(14-28-21(16)19)22(26)23-18(10-11-20(24)25)12-15-6-3-2-4-7-15/h2-9,13,18H,10-12,14H2,1H3,(H,23,26)(H,24,25). The molecule has 28 heavy (non-hydrogen) atoms. The van der Waals surface area contributed by atoms with Gasteiger partial charge < -0.3 is 19.9 Å². The van der Waals surface area contributed by atoms with Crippen molar-refractivity contribution in [3.8, 4) is 11.5 Å². The van der Waals surface area contributed by atoms with E-state index in [-0.39, 0.29) is 25.0 Å². The Labute approximate surface area is 163 Å². The molecule has 1 unspecified atom stereocenters. The number of carbonyl (C=O) groups is 2. The molecule has 0 aromatic heterocycles. The summed E-state index contributed by atoms with van der Waals surface area (Å²) in [5.74, 6) is 0.109. The highest BCUT2D eigenvalue weighted by Crippen LogP contribution is 2.35. The maximum absolute atomic E-state index is 12.8. The van der Waals surface area contributed by atoms with Crippen LogP contribution in [-0.2, 0) is 16.0 Å². The number of aliphatic carboxylic acids is 1. The largest absolute Gasteiger partial charge is 0.493 e. The van der Waals surface area contributed by atoms with Crippen molar-refractivity contribution in [1.82, 2.24) is 5.32 Å². The molecule has 2 aromatic carbocycles. The van der Waals surface area contributed by atoms with Crippen LogP contribution in [-0.4, -0.2) is 36.7 Å². The maximum Gasteiger partial charge on any atom is 0.303 e. The maximum atomic E-state index is 12.8. The van der Waals surface area contributed by atoms with Gasteiger partial charge in [-0.1, -0.05) is 42.5 Å². The predicted molar refractivity (Wildman–Crippen MR) is 105 cm³/mol. The number of amides is 1.